The van der Waals surface area contributed by atoms with Crippen molar-refractivity contribution >= 4 is 0 Å². The SMILES string of the molecule is CCCCCCCc1ccc(CC(N)CC)cc1. The van der Waals surface area contributed by atoms with E-state index < -0.39 is 0 Å². The summed E-state index contributed by atoms with van der Waals surface area (Å²) >= 11 is 0. The molecule has 0 heterocycles. The van der Waals surface area contributed by atoms with Gasteiger partial charge in [0.05, 0.1) is 0 Å². The van der Waals surface area contributed by atoms with Crippen molar-refractivity contribution < 1.29 is 0 Å². The van der Waals surface area contributed by atoms with Gasteiger partial charge in [-0.1, -0.05) is 63.8 Å². The molecule has 0 aliphatic rings. The summed E-state index contributed by atoms with van der Waals surface area (Å²) in [5.74, 6) is 0. The normalized spacial score (nSPS) is 12.6. The monoisotopic (exact) mass is 247 g/mol. The van der Waals surface area contributed by atoms with Crippen LogP contribution >= 0.6 is 0 Å². The molecule has 0 bridgehead atoms. The van der Waals surface area contributed by atoms with Crippen molar-refractivity contribution in [3.8, 4) is 0 Å². The van der Waals surface area contributed by atoms with Crippen molar-refractivity contribution in [2.75, 3.05) is 0 Å². The Kier molecular flexibility index (Phi) is 7.75. The van der Waals surface area contributed by atoms with Crippen LogP contribution < -0.4 is 5.73 Å². The summed E-state index contributed by atoms with van der Waals surface area (Å²) in [5.41, 5.74) is 8.82. The fourth-order valence-electron chi connectivity index (χ4n) is 2.22. The molecule has 0 amide bonds. The minimum Gasteiger partial charge on any atom is -0.327 e. The van der Waals surface area contributed by atoms with Crippen molar-refractivity contribution in [1.82, 2.24) is 0 Å². The van der Waals surface area contributed by atoms with Crippen LogP contribution in [0.15, 0.2) is 24.3 Å². The largest absolute Gasteiger partial charge is 0.327 e. The third kappa shape index (κ3) is 6.20. The van der Waals surface area contributed by atoms with Crippen LogP contribution in [-0.4, -0.2) is 6.04 Å². The van der Waals surface area contributed by atoms with E-state index in [1.54, 1.807) is 0 Å². The summed E-state index contributed by atoms with van der Waals surface area (Å²) in [4.78, 5) is 0. The highest BCUT2D eigenvalue weighted by Gasteiger charge is 2.01. The topological polar surface area (TPSA) is 26.0 Å². The average molecular weight is 247 g/mol. The van der Waals surface area contributed by atoms with Crippen LogP contribution in [0.25, 0.3) is 0 Å². The van der Waals surface area contributed by atoms with Gasteiger partial charge in [-0.15, -0.1) is 0 Å². The maximum absolute atomic E-state index is 5.97. The van der Waals surface area contributed by atoms with Gasteiger partial charge in [0.1, 0.15) is 0 Å². The van der Waals surface area contributed by atoms with Crippen LogP contribution in [0.5, 0.6) is 0 Å². The molecule has 0 spiro atoms. The highest BCUT2D eigenvalue weighted by molar-refractivity contribution is 5.23. The van der Waals surface area contributed by atoms with E-state index in [0.717, 1.165) is 12.8 Å². The lowest BCUT2D eigenvalue weighted by molar-refractivity contribution is 0.631. The molecule has 1 aromatic carbocycles. The summed E-state index contributed by atoms with van der Waals surface area (Å²) in [7, 11) is 0. The van der Waals surface area contributed by atoms with Gasteiger partial charge >= 0.3 is 0 Å². The maximum atomic E-state index is 5.97. The first-order valence-electron chi connectivity index (χ1n) is 7.59. The van der Waals surface area contributed by atoms with Gasteiger partial charge in [-0.05, 0) is 36.8 Å². The molecule has 0 aliphatic heterocycles. The zero-order valence-electron chi connectivity index (χ0n) is 12.1. The third-order valence-corrected chi connectivity index (χ3v) is 3.61. The molecule has 1 aromatic rings. The second-order valence-corrected chi connectivity index (χ2v) is 5.35. The summed E-state index contributed by atoms with van der Waals surface area (Å²) in [6.45, 7) is 4.41. The van der Waals surface area contributed by atoms with Crippen molar-refractivity contribution in [3.63, 3.8) is 0 Å². The van der Waals surface area contributed by atoms with Gasteiger partial charge in [0.15, 0.2) is 0 Å². The molecule has 1 unspecified atom stereocenters. The molecular formula is C17H29N. The Morgan fingerprint density at radius 1 is 0.889 bits per heavy atom. The Hall–Kier alpha value is -0.820. The number of aryl methyl sites for hydroxylation is 1. The summed E-state index contributed by atoms with van der Waals surface area (Å²) in [5, 5.41) is 0. The van der Waals surface area contributed by atoms with Crippen LogP contribution in [-0.2, 0) is 12.8 Å². The smallest absolute Gasteiger partial charge is 0.00766 e. The molecule has 1 rings (SSSR count). The zero-order valence-corrected chi connectivity index (χ0v) is 12.1. The van der Waals surface area contributed by atoms with Gasteiger partial charge in [-0.2, -0.15) is 0 Å². The number of nitrogens with two attached hydrogens (primary N) is 1. The third-order valence-electron chi connectivity index (χ3n) is 3.61. The highest BCUT2D eigenvalue weighted by Crippen LogP contribution is 2.11. The van der Waals surface area contributed by atoms with E-state index in [-0.39, 0.29) is 0 Å². The second-order valence-electron chi connectivity index (χ2n) is 5.35. The number of hydrogen-bond donors (Lipinski definition) is 1. The molecule has 0 radical (unpaired) electrons. The Balaban J connectivity index is 2.27. The van der Waals surface area contributed by atoms with Gasteiger partial charge in [-0.25, -0.2) is 0 Å². The van der Waals surface area contributed by atoms with Crippen LogP contribution in [0, 0.1) is 0 Å². The first-order valence-corrected chi connectivity index (χ1v) is 7.59. The lowest BCUT2D eigenvalue weighted by atomic mass is 10.0. The standard InChI is InChI=1S/C17H29N/c1-3-5-6-7-8-9-15-10-12-16(13-11-15)14-17(18)4-2/h10-13,17H,3-9,14,18H2,1-2H3. The predicted molar refractivity (Wildman–Crippen MR) is 80.9 cm³/mol. The van der Waals surface area contributed by atoms with E-state index in [4.69, 9.17) is 5.73 Å². The first kappa shape index (κ1) is 15.2. The quantitative estimate of drug-likeness (QED) is 0.640. The lowest BCUT2D eigenvalue weighted by Gasteiger charge is -2.09. The average Bonchev–Trinajstić information content (AvgIpc) is 2.40. The van der Waals surface area contributed by atoms with Gasteiger partial charge in [0, 0.05) is 6.04 Å². The number of benzene rings is 1. The Labute approximate surface area is 113 Å². The summed E-state index contributed by atoms with van der Waals surface area (Å²) in [6, 6.07) is 9.35. The molecule has 18 heavy (non-hydrogen) atoms. The van der Waals surface area contributed by atoms with E-state index >= 15 is 0 Å². The Morgan fingerprint density at radius 2 is 1.50 bits per heavy atom. The van der Waals surface area contributed by atoms with Crippen LogP contribution in [0.4, 0.5) is 0 Å². The van der Waals surface area contributed by atoms with E-state index in [0.29, 0.717) is 6.04 Å². The molecule has 1 nitrogen and oxygen atoms in total. The van der Waals surface area contributed by atoms with Crippen molar-refractivity contribution in [1.29, 1.82) is 0 Å². The van der Waals surface area contributed by atoms with E-state index in [1.165, 1.54) is 49.7 Å². The molecule has 0 saturated heterocycles. The molecule has 2 N–H and O–H groups in total. The summed E-state index contributed by atoms with van der Waals surface area (Å²) in [6.07, 6.45) is 10.1. The Bertz CT molecular complexity index is 302. The Morgan fingerprint density at radius 3 is 2.11 bits per heavy atom. The fourth-order valence-corrected chi connectivity index (χ4v) is 2.22. The van der Waals surface area contributed by atoms with Crippen molar-refractivity contribution in [3.05, 3.63) is 35.4 Å². The van der Waals surface area contributed by atoms with Crippen molar-refractivity contribution in [2.24, 2.45) is 5.73 Å². The molecule has 102 valence electrons. The van der Waals surface area contributed by atoms with E-state index in [1.807, 2.05) is 0 Å². The molecule has 0 aliphatic carbocycles. The molecule has 0 fully saturated rings. The molecule has 1 heteroatoms. The van der Waals surface area contributed by atoms with Gasteiger partial charge in [-0.3, -0.25) is 0 Å². The fraction of sp³-hybridized carbons (Fsp3) is 0.647. The van der Waals surface area contributed by atoms with Gasteiger partial charge in [0.2, 0.25) is 0 Å². The molecular weight excluding hydrogens is 218 g/mol. The van der Waals surface area contributed by atoms with E-state index in [9.17, 15) is 0 Å². The maximum Gasteiger partial charge on any atom is 0.00766 e. The highest BCUT2D eigenvalue weighted by atomic mass is 14.6. The minimum atomic E-state index is 0.310. The first-order chi connectivity index (χ1) is 8.76. The van der Waals surface area contributed by atoms with E-state index in [2.05, 4.69) is 38.1 Å². The minimum absolute atomic E-state index is 0.310. The van der Waals surface area contributed by atoms with Crippen LogP contribution in [0.3, 0.4) is 0 Å². The van der Waals surface area contributed by atoms with Gasteiger partial charge < -0.3 is 5.73 Å². The van der Waals surface area contributed by atoms with Crippen LogP contribution in [0.2, 0.25) is 0 Å². The van der Waals surface area contributed by atoms with Crippen molar-refractivity contribution in [2.45, 2.75) is 71.3 Å². The molecule has 1 atom stereocenters. The zero-order chi connectivity index (χ0) is 13.2. The lowest BCUT2D eigenvalue weighted by Crippen LogP contribution is -2.21. The predicted octanol–water partition coefficient (Wildman–Crippen LogP) is 4.48. The summed E-state index contributed by atoms with van der Waals surface area (Å²) < 4.78 is 0. The molecule has 0 aromatic heterocycles. The number of unbranched alkanes of at least 4 members (excludes halogenated alkanes) is 4. The second kappa shape index (κ2) is 9.16. The van der Waals surface area contributed by atoms with Gasteiger partial charge in [0.25, 0.3) is 0 Å². The van der Waals surface area contributed by atoms with Crippen LogP contribution in [0.1, 0.15) is 63.5 Å². The number of rotatable bonds is 9. The molecule has 0 saturated carbocycles. The number of hydrogen-bond acceptors (Lipinski definition) is 1.